The number of carboxylic acid groups (broad SMARTS) is 1. The van der Waals surface area contributed by atoms with E-state index in [2.05, 4.69) is 4.98 Å². The first-order chi connectivity index (χ1) is 14.2. The number of methoxy groups -OCH3 is 1. The zero-order valence-electron chi connectivity index (χ0n) is 17.6. The molecule has 0 spiro atoms. The molecule has 11 heteroatoms. The summed E-state index contributed by atoms with van der Waals surface area (Å²) in [4.78, 5) is 16.2. The molecule has 0 N–H and O–H groups in total. The number of pyridine rings is 1. The number of hydrogen-bond acceptors (Lipinski definition) is 7. The number of fused-ring (bicyclic) bond motifs is 2. The fraction of sp³-hybridized carbons (Fsp3) is 0.300. The summed E-state index contributed by atoms with van der Waals surface area (Å²) in [6.45, 7) is 4.09. The summed E-state index contributed by atoms with van der Waals surface area (Å²) >= 11 is 7.39. The Kier molecular flexibility index (Phi) is 9.62. The number of carbonyl (C=O) groups excluding carboxylic acids is 1. The first-order valence-corrected chi connectivity index (χ1v) is 12.0. The summed E-state index contributed by atoms with van der Waals surface area (Å²) in [5, 5.41) is 12.3. The van der Waals surface area contributed by atoms with Gasteiger partial charge in [-0.15, -0.1) is 11.8 Å². The molecule has 7 nitrogen and oxygen atoms in total. The summed E-state index contributed by atoms with van der Waals surface area (Å²) in [6.07, 6.45) is 0. The molecule has 31 heavy (non-hydrogen) atoms. The SMILES string of the molecule is CCN(CC)S(=O)(=O)c1cc2c(SCC(=O)[O-])c3cc(OC)ccc3nc2cc1Cl.[K+]. The van der Waals surface area contributed by atoms with Gasteiger partial charge in [-0.3, -0.25) is 0 Å². The second kappa shape index (κ2) is 11.1. The number of aliphatic carboxylic acids is 1. The van der Waals surface area contributed by atoms with Gasteiger partial charge < -0.3 is 14.6 Å². The molecule has 1 heterocycles. The van der Waals surface area contributed by atoms with E-state index in [1.807, 2.05) is 0 Å². The number of halogens is 1. The molecule has 160 valence electrons. The van der Waals surface area contributed by atoms with Crippen LogP contribution < -0.4 is 61.2 Å². The van der Waals surface area contributed by atoms with E-state index in [1.54, 1.807) is 32.0 Å². The van der Waals surface area contributed by atoms with Gasteiger partial charge in [-0.1, -0.05) is 25.4 Å². The molecule has 0 aliphatic rings. The minimum Gasteiger partial charge on any atom is -0.549 e. The zero-order valence-corrected chi connectivity index (χ0v) is 23.2. The van der Waals surface area contributed by atoms with Crippen molar-refractivity contribution in [2.24, 2.45) is 0 Å². The van der Waals surface area contributed by atoms with Crippen LogP contribution in [0.25, 0.3) is 21.8 Å². The van der Waals surface area contributed by atoms with Crippen molar-refractivity contribution in [3.05, 3.63) is 35.4 Å². The number of thioether (sulfide) groups is 1. The van der Waals surface area contributed by atoms with Gasteiger partial charge in [0.15, 0.2) is 0 Å². The van der Waals surface area contributed by atoms with E-state index in [9.17, 15) is 18.3 Å². The monoisotopic (exact) mass is 506 g/mol. The van der Waals surface area contributed by atoms with Crippen LogP contribution in [-0.4, -0.2) is 49.6 Å². The molecule has 0 aliphatic heterocycles. The van der Waals surface area contributed by atoms with Crippen molar-refractivity contribution in [3.8, 4) is 5.75 Å². The Bertz CT molecular complexity index is 1230. The van der Waals surface area contributed by atoms with Crippen molar-refractivity contribution < 1.29 is 74.4 Å². The molecule has 0 saturated carbocycles. The van der Waals surface area contributed by atoms with E-state index in [4.69, 9.17) is 16.3 Å². The van der Waals surface area contributed by atoms with Crippen LogP contribution in [0.5, 0.6) is 5.75 Å². The maximum absolute atomic E-state index is 13.1. The maximum Gasteiger partial charge on any atom is 1.00 e. The Balaban J connectivity index is 0.00000341. The minimum atomic E-state index is -3.83. The molecule has 0 amide bonds. The number of ether oxygens (including phenoxy) is 1. The van der Waals surface area contributed by atoms with Gasteiger partial charge in [0.05, 0.1) is 29.1 Å². The number of benzene rings is 2. The molecule has 0 bridgehead atoms. The third kappa shape index (κ3) is 5.56. The van der Waals surface area contributed by atoms with E-state index in [-0.39, 0.29) is 67.1 Å². The number of carbonyl (C=O) groups is 1. The fourth-order valence-corrected chi connectivity index (χ4v) is 6.08. The second-order valence-electron chi connectivity index (χ2n) is 6.37. The Labute approximate surface area is 233 Å². The molecular formula is C20H20ClKN2O5S2. The Hall–Kier alpha value is -0.434. The van der Waals surface area contributed by atoms with Crippen molar-refractivity contribution in [1.82, 2.24) is 9.29 Å². The fourth-order valence-electron chi connectivity index (χ4n) is 3.20. The Morgan fingerprint density at radius 2 is 1.81 bits per heavy atom. The van der Waals surface area contributed by atoms with Gasteiger partial charge in [0.2, 0.25) is 10.0 Å². The van der Waals surface area contributed by atoms with E-state index < -0.39 is 16.0 Å². The molecule has 1 aromatic heterocycles. The quantitative estimate of drug-likeness (QED) is 0.239. The van der Waals surface area contributed by atoms with Crippen LogP contribution in [0.2, 0.25) is 5.02 Å². The molecule has 0 atom stereocenters. The molecule has 0 radical (unpaired) electrons. The Morgan fingerprint density at radius 1 is 1.16 bits per heavy atom. The van der Waals surface area contributed by atoms with Crippen molar-refractivity contribution >= 4 is 61.2 Å². The van der Waals surface area contributed by atoms with Crippen LogP contribution in [0.3, 0.4) is 0 Å². The van der Waals surface area contributed by atoms with Crippen LogP contribution in [0.4, 0.5) is 0 Å². The van der Waals surface area contributed by atoms with Crippen LogP contribution in [-0.2, 0) is 14.8 Å². The number of sulfonamides is 1. The third-order valence-corrected chi connectivity index (χ3v) is 8.26. The number of hydrogen-bond donors (Lipinski definition) is 0. The van der Waals surface area contributed by atoms with Gasteiger partial charge in [0, 0.05) is 34.5 Å². The summed E-state index contributed by atoms with van der Waals surface area (Å²) in [5.41, 5.74) is 1.08. The van der Waals surface area contributed by atoms with E-state index in [0.29, 0.717) is 45.5 Å². The van der Waals surface area contributed by atoms with Crippen LogP contribution in [0.15, 0.2) is 40.1 Å². The average Bonchev–Trinajstić information content (AvgIpc) is 2.70. The second-order valence-corrected chi connectivity index (χ2v) is 9.67. The van der Waals surface area contributed by atoms with Gasteiger partial charge in [-0.2, -0.15) is 4.31 Å². The van der Waals surface area contributed by atoms with E-state index >= 15 is 0 Å². The minimum absolute atomic E-state index is 0. The third-order valence-electron chi connectivity index (χ3n) is 4.64. The average molecular weight is 507 g/mol. The molecule has 0 aliphatic carbocycles. The number of aromatic nitrogens is 1. The van der Waals surface area contributed by atoms with Crippen molar-refractivity contribution in [1.29, 1.82) is 0 Å². The van der Waals surface area contributed by atoms with Gasteiger partial charge in [-0.05, 0) is 30.3 Å². The smallest absolute Gasteiger partial charge is 0.549 e. The predicted molar refractivity (Wildman–Crippen MR) is 117 cm³/mol. The van der Waals surface area contributed by atoms with Gasteiger partial charge >= 0.3 is 51.4 Å². The first kappa shape index (κ1) is 26.8. The topological polar surface area (TPSA) is 99.6 Å². The molecule has 3 aromatic rings. The normalized spacial score (nSPS) is 11.6. The van der Waals surface area contributed by atoms with E-state index in [1.165, 1.54) is 23.5 Å². The van der Waals surface area contributed by atoms with Crippen LogP contribution in [0, 0.1) is 0 Å². The standard InChI is InChI=1S/C20H21ClN2O5S2.K/c1-4-23(5-2)30(26,27)18-9-14-17(10-15(18)21)22-16-7-6-12(28-3)8-13(16)20(14)29-11-19(24)25;/h6-10H,4-5,11H2,1-3H3,(H,24,25);/q;+1/p-1. The molecule has 0 fully saturated rings. The molecule has 0 saturated heterocycles. The van der Waals surface area contributed by atoms with Crippen molar-refractivity contribution in [2.75, 3.05) is 26.0 Å². The number of rotatable bonds is 8. The molecule has 3 rings (SSSR count). The molecular weight excluding hydrogens is 487 g/mol. The van der Waals surface area contributed by atoms with Crippen molar-refractivity contribution in [3.63, 3.8) is 0 Å². The van der Waals surface area contributed by atoms with Gasteiger partial charge in [-0.25, -0.2) is 13.4 Å². The van der Waals surface area contributed by atoms with E-state index in [0.717, 1.165) is 11.8 Å². The molecule has 2 aromatic carbocycles. The number of nitrogens with zero attached hydrogens (tertiary/aromatic N) is 2. The summed E-state index contributed by atoms with van der Waals surface area (Å²) in [5.74, 6) is -0.957. The zero-order chi connectivity index (χ0) is 22.1. The maximum atomic E-state index is 13.1. The summed E-state index contributed by atoms with van der Waals surface area (Å²) < 4.78 is 32.8. The van der Waals surface area contributed by atoms with Crippen LogP contribution in [0.1, 0.15) is 13.8 Å². The largest absolute Gasteiger partial charge is 1.00 e. The van der Waals surface area contributed by atoms with Gasteiger partial charge in [0.1, 0.15) is 10.6 Å². The molecule has 0 unspecified atom stereocenters. The Morgan fingerprint density at radius 3 is 2.39 bits per heavy atom. The number of carboxylic acids is 1. The summed E-state index contributed by atoms with van der Waals surface area (Å²) in [7, 11) is -2.30. The predicted octanol–water partition coefficient (Wildman–Crippen LogP) is -0.0735. The van der Waals surface area contributed by atoms with Gasteiger partial charge in [0.25, 0.3) is 0 Å². The summed E-state index contributed by atoms with van der Waals surface area (Å²) in [6, 6.07) is 8.21. The van der Waals surface area contributed by atoms with Crippen LogP contribution >= 0.6 is 23.4 Å². The van der Waals surface area contributed by atoms with Crippen molar-refractivity contribution in [2.45, 2.75) is 23.6 Å². The first-order valence-electron chi connectivity index (χ1n) is 9.16.